The number of benzene rings is 2. The first kappa shape index (κ1) is 22.8. The SMILES string of the molecule is Cc1c[nH]c2nc(Nc3ccc(N4CCN(CCO)CC4)cc3)nc(-c3cccc(CC#N)c3)c12. The van der Waals surface area contributed by atoms with E-state index in [1.807, 2.05) is 37.4 Å². The number of hydrogen-bond donors (Lipinski definition) is 3. The van der Waals surface area contributed by atoms with Crippen LogP contribution in [0.4, 0.5) is 17.3 Å². The van der Waals surface area contributed by atoms with Crippen molar-refractivity contribution in [2.24, 2.45) is 0 Å². The molecular weight excluding hydrogens is 438 g/mol. The van der Waals surface area contributed by atoms with E-state index in [-0.39, 0.29) is 6.61 Å². The molecule has 2 aromatic carbocycles. The Labute approximate surface area is 204 Å². The molecular formula is C27H29N7O. The van der Waals surface area contributed by atoms with Crippen LogP contribution in [0.3, 0.4) is 0 Å². The van der Waals surface area contributed by atoms with Crippen molar-refractivity contribution in [2.75, 3.05) is 49.5 Å². The molecule has 1 fully saturated rings. The Morgan fingerprint density at radius 2 is 1.89 bits per heavy atom. The van der Waals surface area contributed by atoms with Gasteiger partial charge in [0.1, 0.15) is 5.65 Å². The van der Waals surface area contributed by atoms with E-state index < -0.39 is 0 Å². The summed E-state index contributed by atoms with van der Waals surface area (Å²) in [5, 5.41) is 22.6. The number of hydrogen-bond acceptors (Lipinski definition) is 7. The molecule has 0 unspecified atom stereocenters. The Morgan fingerprint density at radius 3 is 2.63 bits per heavy atom. The van der Waals surface area contributed by atoms with Crippen LogP contribution in [0.5, 0.6) is 0 Å². The van der Waals surface area contributed by atoms with Crippen LogP contribution in [0.1, 0.15) is 11.1 Å². The minimum Gasteiger partial charge on any atom is -0.395 e. The fourth-order valence-corrected chi connectivity index (χ4v) is 4.63. The van der Waals surface area contributed by atoms with E-state index in [1.54, 1.807) is 0 Å². The smallest absolute Gasteiger partial charge is 0.229 e. The van der Waals surface area contributed by atoms with Gasteiger partial charge in [0, 0.05) is 61.2 Å². The lowest BCUT2D eigenvalue weighted by Crippen LogP contribution is -2.47. The molecule has 0 radical (unpaired) electrons. The summed E-state index contributed by atoms with van der Waals surface area (Å²) in [6.45, 7) is 6.82. The summed E-state index contributed by atoms with van der Waals surface area (Å²) < 4.78 is 0. The first-order valence-corrected chi connectivity index (χ1v) is 11.9. The summed E-state index contributed by atoms with van der Waals surface area (Å²) in [6.07, 6.45) is 2.31. The third-order valence-corrected chi connectivity index (χ3v) is 6.49. The van der Waals surface area contributed by atoms with Crippen LogP contribution in [0, 0.1) is 18.3 Å². The number of H-pyrrole nitrogens is 1. The predicted molar refractivity (Wildman–Crippen MR) is 139 cm³/mol. The van der Waals surface area contributed by atoms with Crippen LogP contribution < -0.4 is 10.2 Å². The number of β-amino-alcohol motifs (C(OH)–C–C–N with tert-alkyl or cyclic N) is 1. The summed E-state index contributed by atoms with van der Waals surface area (Å²) >= 11 is 0. The van der Waals surface area contributed by atoms with Gasteiger partial charge in [0.25, 0.3) is 0 Å². The largest absolute Gasteiger partial charge is 0.395 e. The number of aryl methyl sites for hydroxylation is 1. The molecule has 1 saturated heterocycles. The molecule has 0 aliphatic carbocycles. The second-order valence-corrected chi connectivity index (χ2v) is 8.85. The van der Waals surface area contributed by atoms with Crippen LogP contribution >= 0.6 is 0 Å². The first-order valence-electron chi connectivity index (χ1n) is 11.9. The number of nitrogens with one attached hydrogen (secondary N) is 2. The molecule has 3 heterocycles. The molecule has 0 bridgehead atoms. The number of nitrogens with zero attached hydrogens (tertiary/aromatic N) is 5. The van der Waals surface area contributed by atoms with Crippen molar-refractivity contribution in [3.63, 3.8) is 0 Å². The summed E-state index contributed by atoms with van der Waals surface area (Å²) in [6, 6.07) is 18.5. The Hall–Kier alpha value is -3.93. The van der Waals surface area contributed by atoms with Crippen molar-refractivity contribution in [3.8, 4) is 17.3 Å². The zero-order valence-corrected chi connectivity index (χ0v) is 19.8. The minimum atomic E-state index is 0.212. The number of fused-ring (bicyclic) bond motifs is 1. The predicted octanol–water partition coefficient (Wildman–Crippen LogP) is 3.86. The van der Waals surface area contributed by atoms with Crippen LogP contribution in [-0.2, 0) is 6.42 Å². The number of aromatic amines is 1. The fraction of sp³-hybridized carbons (Fsp3) is 0.296. The molecule has 5 rings (SSSR count). The second-order valence-electron chi connectivity index (χ2n) is 8.85. The second kappa shape index (κ2) is 10.1. The molecule has 0 spiro atoms. The van der Waals surface area contributed by atoms with E-state index in [0.29, 0.717) is 12.4 Å². The molecule has 0 amide bonds. The van der Waals surface area contributed by atoms with Crippen LogP contribution in [-0.4, -0.2) is 64.3 Å². The lowest BCUT2D eigenvalue weighted by atomic mass is 10.0. The summed E-state index contributed by atoms with van der Waals surface area (Å²) in [4.78, 5) is 17.5. The molecule has 4 aromatic rings. The van der Waals surface area contributed by atoms with Gasteiger partial charge in [-0.3, -0.25) is 4.90 Å². The molecule has 0 saturated carbocycles. The fourth-order valence-electron chi connectivity index (χ4n) is 4.63. The van der Waals surface area contributed by atoms with Gasteiger partial charge in [0.15, 0.2) is 0 Å². The van der Waals surface area contributed by atoms with Crippen molar-refractivity contribution in [3.05, 3.63) is 65.9 Å². The molecule has 35 heavy (non-hydrogen) atoms. The third-order valence-electron chi connectivity index (χ3n) is 6.49. The topological polar surface area (TPSA) is 104 Å². The lowest BCUT2D eigenvalue weighted by Gasteiger charge is -2.35. The standard InChI is InChI=1S/C27H29N7O/c1-19-18-29-26-24(19)25(21-4-2-3-20(17-21)9-10-28)31-27(32-26)30-22-5-7-23(8-6-22)34-13-11-33(12-14-34)15-16-35/h2-8,17-18,35H,9,11-16H2,1H3,(H2,29,30,31,32). The number of aliphatic hydroxyl groups excluding tert-OH is 1. The highest BCUT2D eigenvalue weighted by atomic mass is 16.3. The molecule has 1 aliphatic rings. The van der Waals surface area contributed by atoms with Crippen molar-refractivity contribution in [1.29, 1.82) is 5.26 Å². The molecule has 8 nitrogen and oxygen atoms in total. The van der Waals surface area contributed by atoms with Crippen LogP contribution in [0.15, 0.2) is 54.7 Å². The van der Waals surface area contributed by atoms with E-state index >= 15 is 0 Å². The maximum atomic E-state index is 9.14. The Kier molecular flexibility index (Phi) is 6.62. The van der Waals surface area contributed by atoms with Crippen LogP contribution in [0.2, 0.25) is 0 Å². The highest BCUT2D eigenvalue weighted by Gasteiger charge is 2.17. The monoisotopic (exact) mass is 467 g/mol. The van der Waals surface area contributed by atoms with Crippen molar-refractivity contribution < 1.29 is 5.11 Å². The van der Waals surface area contributed by atoms with Gasteiger partial charge in [0.05, 0.1) is 24.8 Å². The zero-order chi connectivity index (χ0) is 24.2. The van der Waals surface area contributed by atoms with Gasteiger partial charge in [-0.15, -0.1) is 0 Å². The highest BCUT2D eigenvalue weighted by Crippen LogP contribution is 2.31. The van der Waals surface area contributed by atoms with E-state index in [0.717, 1.165) is 71.8 Å². The van der Waals surface area contributed by atoms with E-state index in [4.69, 9.17) is 20.3 Å². The average molecular weight is 468 g/mol. The van der Waals surface area contributed by atoms with Crippen molar-refractivity contribution in [2.45, 2.75) is 13.3 Å². The maximum Gasteiger partial charge on any atom is 0.229 e. The Balaban J connectivity index is 1.38. The van der Waals surface area contributed by atoms with E-state index in [9.17, 15) is 0 Å². The van der Waals surface area contributed by atoms with Gasteiger partial charge in [-0.05, 0) is 48.4 Å². The number of nitriles is 1. The summed E-state index contributed by atoms with van der Waals surface area (Å²) in [5.41, 5.74) is 6.73. The normalized spacial score (nSPS) is 14.3. The van der Waals surface area contributed by atoms with E-state index in [1.165, 1.54) is 5.69 Å². The number of aliphatic hydroxyl groups is 1. The number of piperazine rings is 1. The zero-order valence-electron chi connectivity index (χ0n) is 19.8. The van der Waals surface area contributed by atoms with Gasteiger partial charge >= 0.3 is 0 Å². The Morgan fingerprint density at radius 1 is 1.09 bits per heavy atom. The Bertz CT molecular complexity index is 1350. The van der Waals surface area contributed by atoms with Crippen LogP contribution in [0.25, 0.3) is 22.3 Å². The molecule has 3 N–H and O–H groups in total. The number of anilines is 3. The van der Waals surface area contributed by atoms with Gasteiger partial charge in [-0.1, -0.05) is 18.2 Å². The van der Waals surface area contributed by atoms with Gasteiger partial charge < -0.3 is 20.3 Å². The minimum absolute atomic E-state index is 0.212. The summed E-state index contributed by atoms with van der Waals surface area (Å²) in [7, 11) is 0. The molecule has 0 atom stereocenters. The van der Waals surface area contributed by atoms with Gasteiger partial charge in [-0.2, -0.15) is 10.2 Å². The van der Waals surface area contributed by atoms with E-state index in [2.05, 4.69) is 50.4 Å². The maximum absolute atomic E-state index is 9.14. The third kappa shape index (κ3) is 4.97. The quantitative estimate of drug-likeness (QED) is 0.379. The van der Waals surface area contributed by atoms with Gasteiger partial charge in [0.2, 0.25) is 5.95 Å². The molecule has 178 valence electrons. The van der Waals surface area contributed by atoms with Crippen molar-refractivity contribution >= 4 is 28.4 Å². The number of rotatable bonds is 7. The average Bonchev–Trinajstić information content (AvgIpc) is 3.26. The molecule has 1 aliphatic heterocycles. The molecule has 2 aromatic heterocycles. The molecule has 8 heteroatoms. The highest BCUT2D eigenvalue weighted by molar-refractivity contribution is 5.94. The first-order chi connectivity index (χ1) is 17.1. The number of aromatic nitrogens is 3. The van der Waals surface area contributed by atoms with Crippen molar-refractivity contribution in [1.82, 2.24) is 19.9 Å². The lowest BCUT2D eigenvalue weighted by molar-refractivity contribution is 0.189. The van der Waals surface area contributed by atoms with Gasteiger partial charge in [-0.25, -0.2) is 4.98 Å². The summed E-state index contributed by atoms with van der Waals surface area (Å²) in [5.74, 6) is 0.519.